The summed E-state index contributed by atoms with van der Waals surface area (Å²) in [7, 11) is 0. The summed E-state index contributed by atoms with van der Waals surface area (Å²) in [5, 5.41) is 10.4. The number of benzene rings is 2. The van der Waals surface area contributed by atoms with Crippen LogP contribution >= 0.6 is 0 Å². The van der Waals surface area contributed by atoms with Gasteiger partial charge in [0.25, 0.3) is 5.91 Å². The predicted octanol–water partition coefficient (Wildman–Crippen LogP) is 2.98. The van der Waals surface area contributed by atoms with E-state index in [1.165, 1.54) is 22.6 Å². The van der Waals surface area contributed by atoms with Gasteiger partial charge in [-0.25, -0.2) is 13.8 Å². The smallest absolute Gasteiger partial charge is 0.256 e. The van der Waals surface area contributed by atoms with Gasteiger partial charge in [0.1, 0.15) is 5.82 Å². The fraction of sp³-hybridized carbons (Fsp3) is 0.333. The summed E-state index contributed by atoms with van der Waals surface area (Å²) in [6, 6.07) is 13.6. The maximum atomic E-state index is 14.0. The van der Waals surface area contributed by atoms with Crippen molar-refractivity contribution in [3.05, 3.63) is 89.5 Å². The zero-order chi connectivity index (χ0) is 22.5. The van der Waals surface area contributed by atoms with Gasteiger partial charge in [-0.1, -0.05) is 42.5 Å². The molecule has 2 aromatic carbocycles. The van der Waals surface area contributed by atoms with Crippen molar-refractivity contribution in [2.24, 2.45) is 0 Å². The van der Waals surface area contributed by atoms with Gasteiger partial charge < -0.3 is 14.6 Å². The van der Waals surface area contributed by atoms with Crippen LogP contribution in [0.4, 0.5) is 8.78 Å². The van der Waals surface area contributed by atoms with E-state index in [1.807, 2.05) is 24.4 Å². The number of carbonyl (C=O) groups excluding carboxylic acids is 1. The van der Waals surface area contributed by atoms with E-state index in [0.717, 1.165) is 25.0 Å². The SMILES string of the molecule is O=C(C(O)c1cccc(F)c1F)N1CCCN(Cc2nccn2Cc2ccccc2)CC1. The zero-order valence-electron chi connectivity index (χ0n) is 17.7. The van der Waals surface area contributed by atoms with Crippen molar-refractivity contribution in [3.8, 4) is 0 Å². The molecule has 3 aromatic rings. The van der Waals surface area contributed by atoms with Crippen LogP contribution in [0.1, 0.15) is 29.5 Å². The minimum Gasteiger partial charge on any atom is -0.378 e. The Balaban J connectivity index is 1.37. The Kier molecular flexibility index (Phi) is 6.92. The Bertz CT molecular complexity index is 1060. The van der Waals surface area contributed by atoms with Crippen LogP contribution in [0.5, 0.6) is 0 Å². The molecule has 8 heteroatoms. The minimum absolute atomic E-state index is 0.334. The molecule has 0 radical (unpaired) electrons. The Hall–Kier alpha value is -3.10. The predicted molar refractivity (Wildman–Crippen MR) is 116 cm³/mol. The largest absolute Gasteiger partial charge is 0.378 e. The van der Waals surface area contributed by atoms with Gasteiger partial charge in [0.2, 0.25) is 0 Å². The van der Waals surface area contributed by atoms with Gasteiger partial charge in [0, 0.05) is 50.7 Å². The molecule has 1 atom stereocenters. The van der Waals surface area contributed by atoms with E-state index < -0.39 is 23.6 Å². The standard InChI is InChI=1S/C24H26F2N4O2/c25-20-9-4-8-19(22(20)26)23(31)24(32)29-12-5-11-28(14-15-29)17-21-27-10-13-30(21)16-18-6-2-1-3-7-18/h1-4,6-10,13,23,31H,5,11-12,14-17H2. The highest BCUT2D eigenvalue weighted by Crippen LogP contribution is 2.22. The van der Waals surface area contributed by atoms with Crippen molar-refractivity contribution < 1.29 is 18.7 Å². The van der Waals surface area contributed by atoms with Gasteiger partial charge in [0.15, 0.2) is 17.7 Å². The highest BCUT2D eigenvalue weighted by atomic mass is 19.2. The summed E-state index contributed by atoms with van der Waals surface area (Å²) in [5.74, 6) is -1.94. The first-order valence-electron chi connectivity index (χ1n) is 10.7. The number of rotatable bonds is 6. The van der Waals surface area contributed by atoms with E-state index in [2.05, 4.69) is 26.6 Å². The number of imidazole rings is 1. The van der Waals surface area contributed by atoms with Crippen molar-refractivity contribution in [3.63, 3.8) is 0 Å². The molecule has 0 spiro atoms. The van der Waals surface area contributed by atoms with Gasteiger partial charge in [-0.3, -0.25) is 9.69 Å². The number of amides is 1. The molecule has 1 unspecified atom stereocenters. The van der Waals surface area contributed by atoms with E-state index in [1.54, 1.807) is 6.20 Å². The summed E-state index contributed by atoms with van der Waals surface area (Å²) < 4.78 is 29.6. The van der Waals surface area contributed by atoms with Crippen LogP contribution < -0.4 is 0 Å². The summed E-state index contributed by atoms with van der Waals surface area (Å²) in [6.45, 7) is 3.59. The van der Waals surface area contributed by atoms with Gasteiger partial charge in [-0.2, -0.15) is 0 Å². The van der Waals surface area contributed by atoms with Crippen molar-refractivity contribution in [2.75, 3.05) is 26.2 Å². The molecule has 1 amide bonds. The second kappa shape index (κ2) is 10.0. The van der Waals surface area contributed by atoms with Gasteiger partial charge in [-0.05, 0) is 18.1 Å². The van der Waals surface area contributed by atoms with E-state index in [9.17, 15) is 18.7 Å². The lowest BCUT2D eigenvalue weighted by Gasteiger charge is -2.24. The number of hydrogen-bond donors (Lipinski definition) is 1. The molecule has 0 aliphatic carbocycles. The maximum Gasteiger partial charge on any atom is 0.256 e. The highest BCUT2D eigenvalue weighted by Gasteiger charge is 2.28. The summed E-state index contributed by atoms with van der Waals surface area (Å²) >= 11 is 0. The molecular formula is C24H26F2N4O2. The van der Waals surface area contributed by atoms with Crippen molar-refractivity contribution in [2.45, 2.75) is 25.6 Å². The monoisotopic (exact) mass is 440 g/mol. The Morgan fingerprint density at radius 3 is 2.62 bits per heavy atom. The topological polar surface area (TPSA) is 61.6 Å². The third-order valence-electron chi connectivity index (χ3n) is 5.77. The van der Waals surface area contributed by atoms with Crippen LogP contribution in [-0.4, -0.2) is 56.5 Å². The molecule has 168 valence electrons. The van der Waals surface area contributed by atoms with E-state index in [-0.39, 0.29) is 5.56 Å². The third kappa shape index (κ3) is 5.03. The van der Waals surface area contributed by atoms with Crippen LogP contribution in [0.2, 0.25) is 0 Å². The molecule has 6 nitrogen and oxygen atoms in total. The Morgan fingerprint density at radius 2 is 1.81 bits per heavy atom. The zero-order valence-corrected chi connectivity index (χ0v) is 17.7. The van der Waals surface area contributed by atoms with E-state index >= 15 is 0 Å². The average Bonchev–Trinajstić information content (AvgIpc) is 3.09. The molecule has 1 fully saturated rings. The molecule has 2 heterocycles. The molecule has 1 N–H and O–H groups in total. The van der Waals surface area contributed by atoms with Gasteiger partial charge in [-0.15, -0.1) is 0 Å². The van der Waals surface area contributed by atoms with Crippen molar-refractivity contribution in [1.82, 2.24) is 19.4 Å². The quantitative estimate of drug-likeness (QED) is 0.640. The number of halogens is 2. The fourth-order valence-corrected chi connectivity index (χ4v) is 4.00. The first-order chi connectivity index (χ1) is 15.5. The number of aliphatic hydroxyl groups is 1. The molecule has 1 aliphatic rings. The van der Waals surface area contributed by atoms with Crippen LogP contribution in [0, 0.1) is 11.6 Å². The maximum absolute atomic E-state index is 14.0. The van der Waals surface area contributed by atoms with Gasteiger partial charge in [0.05, 0.1) is 6.54 Å². The summed E-state index contributed by atoms with van der Waals surface area (Å²) in [6.07, 6.45) is 2.74. The second-order valence-corrected chi connectivity index (χ2v) is 7.96. The summed E-state index contributed by atoms with van der Waals surface area (Å²) in [5.41, 5.74) is 0.858. The molecule has 1 aliphatic heterocycles. The Labute approximate surface area is 185 Å². The molecule has 0 saturated carbocycles. The number of aromatic nitrogens is 2. The van der Waals surface area contributed by atoms with E-state index in [0.29, 0.717) is 32.6 Å². The lowest BCUT2D eigenvalue weighted by atomic mass is 10.1. The summed E-state index contributed by atoms with van der Waals surface area (Å²) in [4.78, 5) is 21.0. The number of hydrogen-bond acceptors (Lipinski definition) is 4. The van der Waals surface area contributed by atoms with Crippen molar-refractivity contribution in [1.29, 1.82) is 0 Å². The van der Waals surface area contributed by atoms with Gasteiger partial charge >= 0.3 is 0 Å². The Morgan fingerprint density at radius 1 is 1.00 bits per heavy atom. The lowest BCUT2D eigenvalue weighted by molar-refractivity contribution is -0.140. The molecule has 1 saturated heterocycles. The normalized spacial score (nSPS) is 16.0. The molecule has 4 rings (SSSR count). The fourth-order valence-electron chi connectivity index (χ4n) is 4.00. The molecular weight excluding hydrogens is 414 g/mol. The van der Waals surface area contributed by atoms with Crippen LogP contribution in [0.3, 0.4) is 0 Å². The third-order valence-corrected chi connectivity index (χ3v) is 5.77. The lowest BCUT2D eigenvalue weighted by Crippen LogP contribution is -2.38. The second-order valence-electron chi connectivity index (χ2n) is 7.96. The van der Waals surface area contributed by atoms with Crippen LogP contribution in [0.15, 0.2) is 60.9 Å². The number of nitrogens with zero attached hydrogens (tertiary/aromatic N) is 4. The van der Waals surface area contributed by atoms with Crippen LogP contribution in [0.25, 0.3) is 0 Å². The highest BCUT2D eigenvalue weighted by molar-refractivity contribution is 5.82. The first kappa shape index (κ1) is 22.1. The average molecular weight is 440 g/mol. The minimum atomic E-state index is -1.72. The first-order valence-corrected chi connectivity index (χ1v) is 10.7. The molecule has 0 bridgehead atoms. The molecule has 1 aromatic heterocycles. The van der Waals surface area contributed by atoms with Crippen molar-refractivity contribution >= 4 is 5.91 Å². The number of carbonyl (C=O) groups is 1. The molecule has 32 heavy (non-hydrogen) atoms. The number of aliphatic hydroxyl groups excluding tert-OH is 1. The van der Waals surface area contributed by atoms with Crippen LogP contribution in [-0.2, 0) is 17.9 Å². The van der Waals surface area contributed by atoms with E-state index in [4.69, 9.17) is 0 Å².